The first kappa shape index (κ1) is 30.4. The number of ether oxygens (including phenoxy) is 1. The van der Waals surface area contributed by atoms with Crippen molar-refractivity contribution in [1.29, 1.82) is 0 Å². The average molecular weight is 664 g/mol. The molecule has 2 saturated heterocycles. The average Bonchev–Trinajstić information content (AvgIpc) is 3.39. The van der Waals surface area contributed by atoms with Gasteiger partial charge >= 0.3 is 0 Å². The number of anilines is 2. The molecule has 1 saturated carbocycles. The first-order valence-corrected chi connectivity index (χ1v) is 15.8. The van der Waals surface area contributed by atoms with E-state index in [-0.39, 0.29) is 41.5 Å². The van der Waals surface area contributed by atoms with Crippen LogP contribution in [-0.2, 0) is 25.6 Å². The van der Waals surface area contributed by atoms with Crippen molar-refractivity contribution >= 4 is 58.2 Å². The van der Waals surface area contributed by atoms with Crippen LogP contribution < -0.4 is 14.5 Å². The SMILES string of the molecule is CCc1ccc(N2C(=O)[C@H]3[C@H](CC=C4[C@H]3C[C@@]3(Cl)C(=O)N(c5ccc(F)cc5)C(=O)[C@@]3(Cl)[C@H]4c3cccc(OC)c3O)C2=O)cc1. The van der Waals surface area contributed by atoms with Gasteiger partial charge in [0.2, 0.25) is 11.8 Å². The van der Waals surface area contributed by atoms with Crippen molar-refractivity contribution < 1.29 is 33.4 Å². The Morgan fingerprint density at radius 1 is 0.891 bits per heavy atom. The van der Waals surface area contributed by atoms with Gasteiger partial charge in [0, 0.05) is 11.5 Å². The first-order chi connectivity index (χ1) is 22.0. The van der Waals surface area contributed by atoms with Gasteiger partial charge in [0.25, 0.3) is 11.8 Å². The number of amides is 4. The van der Waals surface area contributed by atoms with Crippen molar-refractivity contribution in [3.8, 4) is 11.5 Å². The van der Waals surface area contributed by atoms with Gasteiger partial charge in [0.05, 0.1) is 30.3 Å². The standard InChI is InChI=1S/C35H29Cl2FN2O6/c1-3-18-7-11-20(12-8-18)39-30(42)23-16-15-22-25(27(23)31(39)43)17-34(36)32(44)40(21-13-9-19(38)10-14-21)33(45)35(34,37)28(22)24-5-4-6-26(46-2)29(24)41/h4-15,23,25,27-28,41H,3,16-17H2,1-2H3/t23-,25+,27-,28+,34+,35-/m0/s1. The summed E-state index contributed by atoms with van der Waals surface area (Å²) in [5.41, 5.74) is 2.28. The Hall–Kier alpha value is -4.21. The van der Waals surface area contributed by atoms with Crippen molar-refractivity contribution in [2.24, 2.45) is 17.8 Å². The second-order valence-corrected chi connectivity index (χ2v) is 13.4. The molecule has 0 bridgehead atoms. The molecule has 46 heavy (non-hydrogen) atoms. The van der Waals surface area contributed by atoms with E-state index in [9.17, 15) is 28.7 Å². The van der Waals surface area contributed by atoms with Gasteiger partial charge in [-0.3, -0.25) is 24.1 Å². The lowest BCUT2D eigenvalue weighted by Gasteiger charge is -2.50. The van der Waals surface area contributed by atoms with Crippen molar-refractivity contribution in [1.82, 2.24) is 0 Å². The first-order valence-electron chi connectivity index (χ1n) is 15.0. The van der Waals surface area contributed by atoms with Crippen LogP contribution >= 0.6 is 23.2 Å². The van der Waals surface area contributed by atoms with Crippen LogP contribution in [0.2, 0.25) is 0 Å². The zero-order chi connectivity index (χ0) is 32.7. The van der Waals surface area contributed by atoms with Crippen LogP contribution in [0.1, 0.15) is 36.8 Å². The molecule has 3 aromatic carbocycles. The lowest BCUT2D eigenvalue weighted by molar-refractivity contribution is -0.125. The number of carbonyl (C=O) groups is 4. The highest BCUT2D eigenvalue weighted by Crippen LogP contribution is 2.66. The summed E-state index contributed by atoms with van der Waals surface area (Å²) in [6.45, 7) is 2.01. The maximum absolute atomic E-state index is 14.4. The number of phenols is 1. The minimum absolute atomic E-state index is 0.0723. The number of para-hydroxylation sites is 1. The van der Waals surface area contributed by atoms with E-state index in [1.165, 1.54) is 30.2 Å². The summed E-state index contributed by atoms with van der Waals surface area (Å²) in [7, 11) is 1.38. The second kappa shape index (κ2) is 10.7. The monoisotopic (exact) mass is 662 g/mol. The molecule has 6 atom stereocenters. The minimum atomic E-state index is -2.17. The maximum Gasteiger partial charge on any atom is 0.258 e. The molecule has 3 aromatic rings. The summed E-state index contributed by atoms with van der Waals surface area (Å²) in [5, 5.41) is 11.4. The smallest absolute Gasteiger partial charge is 0.258 e. The Labute approximate surface area is 274 Å². The van der Waals surface area contributed by atoms with Crippen LogP contribution in [0.5, 0.6) is 11.5 Å². The molecular weight excluding hydrogens is 634 g/mol. The number of nitrogens with zero attached hydrogens (tertiary/aromatic N) is 2. The molecule has 0 radical (unpaired) electrons. The molecule has 11 heteroatoms. The van der Waals surface area contributed by atoms with Crippen LogP contribution in [0.3, 0.4) is 0 Å². The van der Waals surface area contributed by atoms with Gasteiger partial charge in [0.1, 0.15) is 5.82 Å². The molecule has 0 unspecified atom stereocenters. The van der Waals surface area contributed by atoms with E-state index in [0.29, 0.717) is 11.3 Å². The van der Waals surface area contributed by atoms with Crippen LogP contribution in [0, 0.1) is 23.6 Å². The van der Waals surface area contributed by atoms with Crippen LogP contribution in [0.25, 0.3) is 0 Å². The van der Waals surface area contributed by atoms with Gasteiger partial charge in [-0.25, -0.2) is 9.29 Å². The molecule has 1 N–H and O–H groups in total. The predicted octanol–water partition coefficient (Wildman–Crippen LogP) is 5.87. The lowest BCUT2D eigenvalue weighted by atomic mass is 9.56. The van der Waals surface area contributed by atoms with E-state index in [2.05, 4.69) is 0 Å². The van der Waals surface area contributed by atoms with Crippen LogP contribution in [-0.4, -0.2) is 45.6 Å². The number of methoxy groups -OCH3 is 1. The third-order valence-corrected chi connectivity index (χ3v) is 11.5. The second-order valence-electron chi connectivity index (χ2n) is 12.2. The fraction of sp³-hybridized carbons (Fsp3) is 0.314. The van der Waals surface area contributed by atoms with Gasteiger partial charge in [-0.15, -0.1) is 23.2 Å². The largest absolute Gasteiger partial charge is 0.504 e. The summed E-state index contributed by atoms with van der Waals surface area (Å²) in [5.74, 6) is -6.82. The number of alkyl halides is 2. The molecule has 236 valence electrons. The Morgan fingerprint density at radius 2 is 1.54 bits per heavy atom. The highest BCUT2D eigenvalue weighted by molar-refractivity contribution is 6.58. The molecular formula is C35H29Cl2FN2O6. The number of hydrogen-bond acceptors (Lipinski definition) is 6. The maximum atomic E-state index is 14.4. The van der Waals surface area contributed by atoms with Gasteiger partial charge < -0.3 is 9.84 Å². The molecule has 0 aromatic heterocycles. The van der Waals surface area contributed by atoms with E-state index < -0.39 is 57.0 Å². The summed E-state index contributed by atoms with van der Waals surface area (Å²) in [4.78, 5) is 54.6. The molecule has 0 spiro atoms. The number of rotatable bonds is 5. The third kappa shape index (κ3) is 3.97. The topological polar surface area (TPSA) is 104 Å². The normalized spacial score (nSPS) is 30.2. The van der Waals surface area contributed by atoms with Crippen LogP contribution in [0.4, 0.5) is 15.8 Å². The molecule has 2 aliphatic heterocycles. The lowest BCUT2D eigenvalue weighted by Crippen LogP contribution is -2.60. The number of allylic oxidation sites excluding steroid dienone is 2. The number of benzene rings is 3. The number of aromatic hydroxyl groups is 1. The number of imide groups is 2. The predicted molar refractivity (Wildman–Crippen MR) is 170 cm³/mol. The number of halogens is 3. The summed E-state index contributed by atoms with van der Waals surface area (Å²) in [6, 6.07) is 16.7. The fourth-order valence-electron chi connectivity index (χ4n) is 7.82. The van der Waals surface area contributed by atoms with Gasteiger partial charge in [-0.2, -0.15) is 0 Å². The summed E-state index contributed by atoms with van der Waals surface area (Å²) in [6.07, 6.45) is 2.54. The van der Waals surface area contributed by atoms with Gasteiger partial charge in [-0.1, -0.05) is 42.8 Å². The van der Waals surface area contributed by atoms with Crippen molar-refractivity contribution in [2.75, 3.05) is 16.9 Å². The zero-order valence-electron chi connectivity index (χ0n) is 24.9. The van der Waals surface area contributed by atoms with Crippen molar-refractivity contribution in [3.05, 3.63) is 95.3 Å². The zero-order valence-corrected chi connectivity index (χ0v) is 26.4. The van der Waals surface area contributed by atoms with E-state index in [1.807, 2.05) is 19.1 Å². The third-order valence-electron chi connectivity index (χ3n) is 10.1. The molecule has 2 aliphatic carbocycles. The number of aryl methyl sites for hydroxylation is 1. The van der Waals surface area contributed by atoms with E-state index in [0.717, 1.165) is 29.0 Å². The molecule has 4 aliphatic rings. The fourth-order valence-corrected chi connectivity index (χ4v) is 8.74. The Balaban J connectivity index is 1.40. The highest BCUT2D eigenvalue weighted by Gasteiger charge is 2.77. The molecule has 7 rings (SSSR count). The minimum Gasteiger partial charge on any atom is -0.504 e. The number of fused-ring (bicyclic) bond motifs is 4. The highest BCUT2D eigenvalue weighted by atomic mass is 35.5. The molecule has 3 fully saturated rings. The Bertz CT molecular complexity index is 1850. The molecule has 4 amide bonds. The molecule has 8 nitrogen and oxygen atoms in total. The Kier molecular flexibility index (Phi) is 7.06. The molecule has 2 heterocycles. The van der Waals surface area contributed by atoms with Crippen molar-refractivity contribution in [2.45, 2.75) is 41.9 Å². The number of hydrogen-bond donors (Lipinski definition) is 1. The van der Waals surface area contributed by atoms with E-state index in [1.54, 1.807) is 30.3 Å². The van der Waals surface area contributed by atoms with Crippen LogP contribution in [0.15, 0.2) is 78.4 Å². The summed E-state index contributed by atoms with van der Waals surface area (Å²) < 4.78 is 19.2. The Morgan fingerprint density at radius 3 is 2.20 bits per heavy atom. The van der Waals surface area contributed by atoms with Crippen molar-refractivity contribution in [3.63, 3.8) is 0 Å². The quantitative estimate of drug-likeness (QED) is 0.208. The van der Waals surface area contributed by atoms with E-state index in [4.69, 9.17) is 27.9 Å². The van der Waals surface area contributed by atoms with Gasteiger partial charge in [-0.05, 0) is 73.2 Å². The number of phenolic OH excluding ortho intramolecular Hbond substituents is 1. The van der Waals surface area contributed by atoms with E-state index >= 15 is 0 Å². The van der Waals surface area contributed by atoms with Gasteiger partial charge in [0.15, 0.2) is 21.2 Å². The summed E-state index contributed by atoms with van der Waals surface area (Å²) >= 11 is 14.7. The number of carbonyl (C=O) groups excluding carboxylic acids is 4.